The number of halogens is 3. The zero-order chi connectivity index (χ0) is 21.6. The van der Waals surface area contributed by atoms with Crippen molar-refractivity contribution in [3.05, 3.63) is 52.2 Å². The lowest BCUT2D eigenvalue weighted by Crippen LogP contribution is -2.26. The lowest BCUT2D eigenvalue weighted by molar-refractivity contribution is -0.141. The maximum absolute atomic E-state index is 12.7. The third kappa shape index (κ3) is 3.97. The van der Waals surface area contributed by atoms with Gasteiger partial charge in [0.15, 0.2) is 0 Å². The first kappa shape index (κ1) is 19.9. The molecule has 4 heterocycles. The fourth-order valence-corrected chi connectivity index (χ4v) is 3.93. The third-order valence-corrected chi connectivity index (χ3v) is 5.52. The Morgan fingerprint density at radius 2 is 2.10 bits per heavy atom. The molecule has 5 rings (SSSR count). The Labute approximate surface area is 174 Å². The molecule has 0 amide bonds. The Morgan fingerprint density at radius 3 is 2.90 bits per heavy atom. The standard InChI is InChI=1S/C20H19F3N4O4/c21-20(22,23)16-5-15(1-2-24-16)30-8-12-3-13(4-12)9-31-17-6-18-26(19(28)25-17)7-14-10-29-11-27(14)18/h1-3,5-6,13-14H,4,7-11H2/t13?,14-/m1/s1. The first-order valence-corrected chi connectivity index (χ1v) is 9.81. The van der Waals surface area contributed by atoms with Gasteiger partial charge >= 0.3 is 11.9 Å². The van der Waals surface area contributed by atoms with Crippen LogP contribution in [0.3, 0.4) is 0 Å². The second-order valence-corrected chi connectivity index (χ2v) is 7.73. The minimum atomic E-state index is -4.51. The van der Waals surface area contributed by atoms with Gasteiger partial charge in [0, 0.05) is 24.2 Å². The Bertz CT molecular complexity index is 1080. The van der Waals surface area contributed by atoms with Crippen LogP contribution in [0, 0.1) is 5.92 Å². The van der Waals surface area contributed by atoms with Crippen molar-refractivity contribution >= 4 is 5.82 Å². The van der Waals surface area contributed by atoms with Crippen molar-refractivity contribution in [2.75, 3.05) is 31.5 Å². The van der Waals surface area contributed by atoms with Crippen LogP contribution in [0.25, 0.3) is 0 Å². The molecule has 2 aromatic heterocycles. The maximum atomic E-state index is 12.7. The van der Waals surface area contributed by atoms with Crippen LogP contribution in [0.4, 0.5) is 19.0 Å². The number of nitrogens with zero attached hydrogens (tertiary/aromatic N) is 4. The molecule has 0 aromatic carbocycles. The highest BCUT2D eigenvalue weighted by molar-refractivity contribution is 5.47. The largest absolute Gasteiger partial charge is 0.489 e. The maximum Gasteiger partial charge on any atom is 0.433 e. The molecule has 1 unspecified atom stereocenters. The number of fused-ring (bicyclic) bond motifs is 3. The summed E-state index contributed by atoms with van der Waals surface area (Å²) in [5.74, 6) is 1.28. The number of rotatable bonds is 6. The predicted octanol–water partition coefficient (Wildman–Crippen LogP) is 2.24. The molecular weight excluding hydrogens is 417 g/mol. The quantitative estimate of drug-likeness (QED) is 0.643. The lowest BCUT2D eigenvalue weighted by atomic mass is 9.87. The number of hydrogen-bond donors (Lipinski definition) is 0. The summed E-state index contributed by atoms with van der Waals surface area (Å²) in [5, 5.41) is 0. The van der Waals surface area contributed by atoms with Gasteiger partial charge in [0.2, 0.25) is 5.88 Å². The van der Waals surface area contributed by atoms with E-state index >= 15 is 0 Å². The molecule has 0 spiro atoms. The summed E-state index contributed by atoms with van der Waals surface area (Å²) in [6.45, 7) is 2.16. The molecule has 2 atom stereocenters. The molecule has 0 bridgehead atoms. The van der Waals surface area contributed by atoms with Crippen molar-refractivity contribution < 1.29 is 27.4 Å². The molecule has 0 saturated carbocycles. The highest BCUT2D eigenvalue weighted by Crippen LogP contribution is 2.32. The topological polar surface area (TPSA) is 78.7 Å². The first-order chi connectivity index (χ1) is 14.9. The van der Waals surface area contributed by atoms with E-state index in [2.05, 4.69) is 9.97 Å². The molecule has 1 aliphatic carbocycles. The minimum Gasteiger partial charge on any atom is -0.489 e. The zero-order valence-electron chi connectivity index (χ0n) is 16.3. The van der Waals surface area contributed by atoms with Gasteiger partial charge in [0.25, 0.3) is 0 Å². The van der Waals surface area contributed by atoms with Gasteiger partial charge in [0.1, 0.15) is 30.6 Å². The highest BCUT2D eigenvalue weighted by Gasteiger charge is 2.35. The van der Waals surface area contributed by atoms with Gasteiger partial charge in [-0.3, -0.25) is 9.55 Å². The van der Waals surface area contributed by atoms with Crippen molar-refractivity contribution in [2.24, 2.45) is 5.92 Å². The van der Waals surface area contributed by atoms with Gasteiger partial charge in [-0.1, -0.05) is 6.08 Å². The first-order valence-electron chi connectivity index (χ1n) is 9.81. The van der Waals surface area contributed by atoms with Gasteiger partial charge in [-0.2, -0.15) is 18.2 Å². The van der Waals surface area contributed by atoms with E-state index in [9.17, 15) is 18.0 Å². The van der Waals surface area contributed by atoms with E-state index in [-0.39, 0.29) is 35.9 Å². The summed E-state index contributed by atoms with van der Waals surface area (Å²) < 4.78 is 56.3. The van der Waals surface area contributed by atoms with E-state index in [1.165, 1.54) is 6.07 Å². The minimum absolute atomic E-state index is 0.120. The van der Waals surface area contributed by atoms with Crippen LogP contribution in [0.1, 0.15) is 12.1 Å². The fraction of sp³-hybridized carbons (Fsp3) is 0.450. The Morgan fingerprint density at radius 1 is 1.26 bits per heavy atom. The lowest BCUT2D eigenvalue weighted by Gasteiger charge is -2.25. The van der Waals surface area contributed by atoms with Crippen LogP contribution in [0.15, 0.2) is 40.8 Å². The van der Waals surface area contributed by atoms with Gasteiger partial charge in [0.05, 0.1) is 25.8 Å². The normalized spacial score (nSPS) is 21.9. The molecule has 1 saturated heterocycles. The summed E-state index contributed by atoms with van der Waals surface area (Å²) in [5.41, 5.74) is -0.350. The van der Waals surface area contributed by atoms with E-state index in [4.69, 9.17) is 14.2 Å². The van der Waals surface area contributed by atoms with Crippen LogP contribution in [-0.4, -0.2) is 47.1 Å². The van der Waals surface area contributed by atoms with E-state index in [1.54, 1.807) is 10.6 Å². The van der Waals surface area contributed by atoms with Crippen LogP contribution in [0.5, 0.6) is 11.6 Å². The molecule has 2 aromatic rings. The average molecular weight is 436 g/mol. The SMILES string of the molecule is O=c1nc(OCC2C=C(COc3ccnc(C(F)(F)F)c3)C2)cc2n1C[C@@H]1COCN21. The Kier molecular flexibility index (Phi) is 4.84. The second kappa shape index (κ2) is 7.56. The molecule has 2 aliphatic heterocycles. The Balaban J connectivity index is 1.14. The van der Waals surface area contributed by atoms with Crippen LogP contribution < -0.4 is 20.1 Å². The number of aromatic nitrogens is 3. The molecule has 164 valence electrons. The van der Waals surface area contributed by atoms with Crippen molar-refractivity contribution in [1.29, 1.82) is 0 Å². The van der Waals surface area contributed by atoms with Gasteiger partial charge in [-0.25, -0.2) is 4.79 Å². The molecule has 11 heteroatoms. The number of ether oxygens (including phenoxy) is 3. The summed E-state index contributed by atoms with van der Waals surface area (Å²) in [6.07, 6.45) is -0.777. The number of hydrogen-bond acceptors (Lipinski definition) is 7. The van der Waals surface area contributed by atoms with Crippen molar-refractivity contribution in [1.82, 2.24) is 14.5 Å². The number of alkyl halides is 3. The Hall–Kier alpha value is -3.08. The van der Waals surface area contributed by atoms with Crippen LogP contribution in [-0.2, 0) is 17.5 Å². The van der Waals surface area contributed by atoms with Crippen molar-refractivity contribution in [3.63, 3.8) is 0 Å². The van der Waals surface area contributed by atoms with Crippen LogP contribution >= 0.6 is 0 Å². The summed E-state index contributed by atoms with van der Waals surface area (Å²) in [4.78, 5) is 21.6. The number of anilines is 1. The number of pyridine rings is 1. The van der Waals surface area contributed by atoms with Crippen molar-refractivity contribution in [2.45, 2.75) is 25.2 Å². The molecule has 0 N–H and O–H groups in total. The smallest absolute Gasteiger partial charge is 0.433 e. The average Bonchev–Trinajstić information content (AvgIpc) is 3.28. The summed E-state index contributed by atoms with van der Waals surface area (Å²) in [6, 6.07) is 4.19. The molecule has 0 radical (unpaired) electrons. The molecule has 3 aliphatic rings. The monoisotopic (exact) mass is 436 g/mol. The molecule has 1 fully saturated rings. The highest BCUT2D eigenvalue weighted by atomic mass is 19.4. The van der Waals surface area contributed by atoms with Gasteiger partial charge in [-0.15, -0.1) is 0 Å². The second-order valence-electron chi connectivity index (χ2n) is 7.73. The zero-order valence-corrected chi connectivity index (χ0v) is 16.3. The molecule has 8 nitrogen and oxygen atoms in total. The predicted molar refractivity (Wildman–Crippen MR) is 102 cm³/mol. The molecule has 31 heavy (non-hydrogen) atoms. The van der Waals surface area contributed by atoms with Gasteiger partial charge < -0.3 is 19.1 Å². The fourth-order valence-electron chi connectivity index (χ4n) is 3.93. The summed E-state index contributed by atoms with van der Waals surface area (Å²) in [7, 11) is 0. The van der Waals surface area contributed by atoms with Crippen molar-refractivity contribution in [3.8, 4) is 11.6 Å². The summed E-state index contributed by atoms with van der Waals surface area (Å²) >= 11 is 0. The molecular formula is C20H19F3N4O4. The van der Waals surface area contributed by atoms with E-state index in [0.717, 1.165) is 23.7 Å². The van der Waals surface area contributed by atoms with Gasteiger partial charge in [-0.05, 0) is 18.1 Å². The van der Waals surface area contributed by atoms with E-state index in [1.807, 2.05) is 11.0 Å². The van der Waals surface area contributed by atoms with E-state index in [0.29, 0.717) is 32.9 Å². The van der Waals surface area contributed by atoms with E-state index < -0.39 is 11.9 Å². The van der Waals surface area contributed by atoms with Crippen LogP contribution in [0.2, 0.25) is 0 Å². The third-order valence-electron chi connectivity index (χ3n) is 5.52.